The van der Waals surface area contributed by atoms with Crippen molar-refractivity contribution in [2.75, 3.05) is 5.32 Å². The Kier molecular flexibility index (Phi) is 3.88. The Morgan fingerprint density at radius 1 is 1.35 bits per heavy atom. The Morgan fingerprint density at radius 2 is 2.12 bits per heavy atom. The van der Waals surface area contributed by atoms with Gasteiger partial charge in [0.15, 0.2) is 0 Å². The van der Waals surface area contributed by atoms with E-state index in [4.69, 9.17) is 22.6 Å². The summed E-state index contributed by atoms with van der Waals surface area (Å²) >= 11 is 5.95. The van der Waals surface area contributed by atoms with Gasteiger partial charge in [-0.3, -0.25) is 0 Å². The molecule has 0 spiro atoms. The molecule has 0 amide bonds. The monoisotopic (exact) mass is 249 g/mol. The van der Waals surface area contributed by atoms with Gasteiger partial charge in [0.05, 0.1) is 11.3 Å². The van der Waals surface area contributed by atoms with Gasteiger partial charge in [-0.2, -0.15) is 5.26 Å². The van der Waals surface area contributed by atoms with E-state index < -0.39 is 0 Å². The molecule has 1 saturated carbocycles. The normalized spacial score (nSPS) is 24.1. The van der Waals surface area contributed by atoms with Crippen molar-refractivity contribution in [3.8, 4) is 6.07 Å². The largest absolute Gasteiger partial charge is 0.380 e. The molecule has 90 valence electrons. The van der Waals surface area contributed by atoms with Crippen LogP contribution < -0.4 is 11.1 Å². The molecule has 0 aliphatic heterocycles. The lowest BCUT2D eigenvalue weighted by molar-refractivity contribution is 0.404. The standard InChI is InChI=1S/C13H16ClN3/c14-10-6-5-9(8-15)13(7-10)17-12-4-2-1-3-11(12)16/h5-7,11-12,17H,1-4,16H2/t11-,12+/m1/s1. The topological polar surface area (TPSA) is 61.8 Å². The number of nitrogens with zero attached hydrogens (tertiary/aromatic N) is 1. The number of halogens is 1. The molecule has 1 fully saturated rings. The van der Waals surface area contributed by atoms with E-state index in [-0.39, 0.29) is 12.1 Å². The molecule has 0 bridgehead atoms. The van der Waals surface area contributed by atoms with Crippen LogP contribution in [0.4, 0.5) is 5.69 Å². The molecule has 0 saturated heterocycles. The fourth-order valence-corrected chi connectivity index (χ4v) is 2.44. The van der Waals surface area contributed by atoms with Crippen molar-refractivity contribution in [2.45, 2.75) is 37.8 Å². The summed E-state index contributed by atoms with van der Waals surface area (Å²) in [5.74, 6) is 0. The summed E-state index contributed by atoms with van der Waals surface area (Å²) in [5.41, 5.74) is 7.49. The van der Waals surface area contributed by atoms with Crippen LogP contribution in [0.1, 0.15) is 31.2 Å². The number of hydrogen-bond acceptors (Lipinski definition) is 3. The van der Waals surface area contributed by atoms with E-state index in [1.807, 2.05) is 0 Å². The van der Waals surface area contributed by atoms with Crippen LogP contribution >= 0.6 is 11.6 Å². The third-order valence-electron chi connectivity index (χ3n) is 3.26. The Bertz CT molecular complexity index is 439. The molecule has 1 aliphatic carbocycles. The van der Waals surface area contributed by atoms with Gasteiger partial charge in [0, 0.05) is 17.1 Å². The van der Waals surface area contributed by atoms with E-state index in [2.05, 4.69) is 11.4 Å². The van der Waals surface area contributed by atoms with Gasteiger partial charge < -0.3 is 11.1 Å². The SMILES string of the molecule is N#Cc1ccc(Cl)cc1N[C@H]1CCCC[C@H]1N. The minimum Gasteiger partial charge on any atom is -0.380 e. The highest BCUT2D eigenvalue weighted by Crippen LogP contribution is 2.25. The van der Waals surface area contributed by atoms with Gasteiger partial charge in [0.2, 0.25) is 0 Å². The number of hydrogen-bond donors (Lipinski definition) is 2. The van der Waals surface area contributed by atoms with Gasteiger partial charge in [-0.1, -0.05) is 24.4 Å². The summed E-state index contributed by atoms with van der Waals surface area (Å²) in [6, 6.07) is 7.83. The molecule has 0 unspecified atom stereocenters. The highest BCUT2D eigenvalue weighted by molar-refractivity contribution is 6.30. The van der Waals surface area contributed by atoms with Crippen LogP contribution in [0.15, 0.2) is 18.2 Å². The number of nitrogens with two attached hydrogens (primary N) is 1. The van der Waals surface area contributed by atoms with Crippen molar-refractivity contribution >= 4 is 17.3 Å². The predicted octanol–water partition coefficient (Wildman–Crippen LogP) is 2.89. The molecule has 0 radical (unpaired) electrons. The van der Waals surface area contributed by atoms with E-state index in [0.29, 0.717) is 10.6 Å². The molecule has 3 N–H and O–H groups in total. The van der Waals surface area contributed by atoms with Crippen molar-refractivity contribution in [1.82, 2.24) is 0 Å². The van der Waals surface area contributed by atoms with E-state index in [1.165, 1.54) is 12.8 Å². The predicted molar refractivity (Wildman–Crippen MR) is 70.0 cm³/mol. The van der Waals surface area contributed by atoms with Crippen LogP contribution in [0, 0.1) is 11.3 Å². The van der Waals surface area contributed by atoms with Crippen molar-refractivity contribution in [3.05, 3.63) is 28.8 Å². The van der Waals surface area contributed by atoms with Crippen molar-refractivity contribution in [1.29, 1.82) is 5.26 Å². The fourth-order valence-electron chi connectivity index (χ4n) is 2.27. The average molecular weight is 250 g/mol. The quantitative estimate of drug-likeness (QED) is 0.847. The molecular formula is C13H16ClN3. The molecule has 3 nitrogen and oxygen atoms in total. The smallest absolute Gasteiger partial charge is 0.101 e. The Labute approximate surface area is 107 Å². The van der Waals surface area contributed by atoms with Gasteiger partial charge in [0.1, 0.15) is 6.07 Å². The number of nitrogens with one attached hydrogen (secondary N) is 1. The molecule has 0 heterocycles. The molecular weight excluding hydrogens is 234 g/mol. The number of benzene rings is 1. The highest BCUT2D eigenvalue weighted by Gasteiger charge is 2.22. The molecule has 1 aliphatic rings. The molecule has 2 atom stereocenters. The second kappa shape index (κ2) is 5.39. The third kappa shape index (κ3) is 2.91. The first kappa shape index (κ1) is 12.2. The van der Waals surface area contributed by atoms with E-state index >= 15 is 0 Å². The summed E-state index contributed by atoms with van der Waals surface area (Å²) in [6.45, 7) is 0. The second-order valence-electron chi connectivity index (χ2n) is 4.50. The summed E-state index contributed by atoms with van der Waals surface area (Å²) in [5, 5.41) is 13.0. The first-order valence-electron chi connectivity index (χ1n) is 5.92. The van der Waals surface area contributed by atoms with Crippen LogP contribution in [0.2, 0.25) is 5.02 Å². The number of nitriles is 1. The molecule has 17 heavy (non-hydrogen) atoms. The molecule has 4 heteroatoms. The van der Waals surface area contributed by atoms with Crippen molar-refractivity contribution in [3.63, 3.8) is 0 Å². The molecule has 1 aromatic rings. The first-order chi connectivity index (χ1) is 8.20. The minimum absolute atomic E-state index is 0.161. The lowest BCUT2D eigenvalue weighted by Gasteiger charge is -2.30. The van der Waals surface area contributed by atoms with Crippen molar-refractivity contribution < 1.29 is 0 Å². The zero-order valence-corrected chi connectivity index (χ0v) is 10.4. The van der Waals surface area contributed by atoms with Crippen LogP contribution in [-0.4, -0.2) is 12.1 Å². The van der Waals surface area contributed by atoms with E-state index in [0.717, 1.165) is 18.5 Å². The molecule has 0 aromatic heterocycles. The Balaban J connectivity index is 2.17. The van der Waals surface area contributed by atoms with Gasteiger partial charge in [0.25, 0.3) is 0 Å². The zero-order valence-electron chi connectivity index (χ0n) is 9.62. The Hall–Kier alpha value is -1.24. The van der Waals surface area contributed by atoms with Gasteiger partial charge in [-0.05, 0) is 31.0 Å². The lowest BCUT2D eigenvalue weighted by atomic mass is 9.90. The number of anilines is 1. The summed E-state index contributed by atoms with van der Waals surface area (Å²) in [4.78, 5) is 0. The lowest BCUT2D eigenvalue weighted by Crippen LogP contribution is -2.42. The minimum atomic E-state index is 0.161. The molecule has 1 aromatic carbocycles. The van der Waals surface area contributed by atoms with E-state index in [9.17, 15) is 0 Å². The highest BCUT2D eigenvalue weighted by atomic mass is 35.5. The summed E-state index contributed by atoms with van der Waals surface area (Å²) in [7, 11) is 0. The maximum atomic E-state index is 9.04. The molecule has 2 rings (SSSR count). The van der Waals surface area contributed by atoms with Crippen LogP contribution in [0.3, 0.4) is 0 Å². The summed E-state index contributed by atoms with van der Waals surface area (Å²) < 4.78 is 0. The maximum Gasteiger partial charge on any atom is 0.101 e. The second-order valence-corrected chi connectivity index (χ2v) is 4.94. The van der Waals surface area contributed by atoms with E-state index in [1.54, 1.807) is 18.2 Å². The zero-order chi connectivity index (χ0) is 12.3. The van der Waals surface area contributed by atoms with Crippen LogP contribution in [0.25, 0.3) is 0 Å². The fraction of sp³-hybridized carbons (Fsp3) is 0.462. The maximum absolute atomic E-state index is 9.04. The van der Waals surface area contributed by atoms with Crippen LogP contribution in [0.5, 0.6) is 0 Å². The Morgan fingerprint density at radius 3 is 2.82 bits per heavy atom. The van der Waals surface area contributed by atoms with Crippen LogP contribution in [-0.2, 0) is 0 Å². The van der Waals surface area contributed by atoms with Gasteiger partial charge in [-0.15, -0.1) is 0 Å². The first-order valence-corrected chi connectivity index (χ1v) is 6.30. The third-order valence-corrected chi connectivity index (χ3v) is 3.50. The van der Waals surface area contributed by atoms with Gasteiger partial charge in [-0.25, -0.2) is 0 Å². The van der Waals surface area contributed by atoms with Crippen molar-refractivity contribution in [2.24, 2.45) is 5.73 Å². The van der Waals surface area contributed by atoms with Gasteiger partial charge >= 0.3 is 0 Å². The summed E-state index contributed by atoms with van der Waals surface area (Å²) in [6.07, 6.45) is 4.48. The average Bonchev–Trinajstić information content (AvgIpc) is 2.32. The number of rotatable bonds is 2.